The topological polar surface area (TPSA) is 150 Å². The van der Waals surface area contributed by atoms with Crippen molar-refractivity contribution in [2.24, 2.45) is 11.5 Å². The van der Waals surface area contributed by atoms with Crippen LogP contribution in [0.5, 0.6) is 0 Å². The second-order valence-corrected chi connectivity index (χ2v) is 2.80. The molecule has 0 saturated carbocycles. The molecular formula is C6H14N2O5. The summed E-state index contributed by atoms with van der Waals surface area (Å²) in [6.07, 6.45) is -5.16. The van der Waals surface area contributed by atoms with Crippen LogP contribution < -0.4 is 11.5 Å². The lowest BCUT2D eigenvalue weighted by Gasteiger charge is -2.30. The lowest BCUT2D eigenvalue weighted by atomic mass is 9.98. The highest BCUT2D eigenvalue weighted by atomic mass is 16.4. The van der Waals surface area contributed by atoms with E-state index in [4.69, 9.17) is 31.9 Å². The van der Waals surface area contributed by atoms with Gasteiger partial charge < -0.3 is 31.9 Å². The van der Waals surface area contributed by atoms with E-state index in [0.717, 1.165) is 0 Å². The molecule has 0 radical (unpaired) electrons. The van der Waals surface area contributed by atoms with Gasteiger partial charge in [0.2, 0.25) is 0 Å². The Morgan fingerprint density at radius 1 is 1.31 bits per heavy atom. The third-order valence-electron chi connectivity index (χ3n) is 1.62. The van der Waals surface area contributed by atoms with Gasteiger partial charge in [0.15, 0.2) is 11.9 Å². The van der Waals surface area contributed by atoms with E-state index in [-0.39, 0.29) is 6.29 Å². The molecule has 7 heteroatoms. The maximum absolute atomic E-state index is 10.2. The fourth-order valence-corrected chi connectivity index (χ4v) is 0.684. The molecular weight excluding hydrogens is 180 g/mol. The first-order valence-electron chi connectivity index (χ1n) is 3.56. The van der Waals surface area contributed by atoms with Gasteiger partial charge in [0, 0.05) is 0 Å². The van der Waals surface area contributed by atoms with Crippen LogP contribution in [-0.2, 0) is 4.79 Å². The smallest absolute Gasteiger partial charge is 0.157 e. The molecule has 0 rings (SSSR count). The lowest BCUT2D eigenvalue weighted by Crippen LogP contribution is -2.65. The third-order valence-corrected chi connectivity index (χ3v) is 1.62. The van der Waals surface area contributed by atoms with E-state index in [1.54, 1.807) is 0 Å². The molecule has 3 atom stereocenters. The maximum atomic E-state index is 10.2. The van der Waals surface area contributed by atoms with E-state index >= 15 is 0 Å². The minimum Gasteiger partial charge on any atom is -0.394 e. The fourth-order valence-electron chi connectivity index (χ4n) is 0.684. The van der Waals surface area contributed by atoms with Crippen LogP contribution in [0.25, 0.3) is 0 Å². The summed E-state index contributed by atoms with van der Waals surface area (Å²) in [4.78, 5) is 10.2. The second kappa shape index (κ2) is 4.61. The Kier molecular flexibility index (Phi) is 4.40. The van der Waals surface area contributed by atoms with Crippen LogP contribution in [0.2, 0.25) is 0 Å². The molecule has 0 saturated heterocycles. The van der Waals surface area contributed by atoms with Crippen LogP contribution in [0.4, 0.5) is 0 Å². The summed E-state index contributed by atoms with van der Waals surface area (Å²) < 4.78 is 0. The van der Waals surface area contributed by atoms with Crippen LogP contribution in [0.3, 0.4) is 0 Å². The molecule has 0 spiro atoms. The summed E-state index contributed by atoms with van der Waals surface area (Å²) in [5.74, 6) is 0. The van der Waals surface area contributed by atoms with Gasteiger partial charge in [-0.1, -0.05) is 0 Å². The molecule has 0 aliphatic rings. The molecule has 78 valence electrons. The largest absolute Gasteiger partial charge is 0.394 e. The Hall–Kier alpha value is -0.570. The van der Waals surface area contributed by atoms with Crippen molar-refractivity contribution in [3.8, 4) is 0 Å². The molecule has 0 bridgehead atoms. The van der Waals surface area contributed by atoms with Crippen molar-refractivity contribution in [3.63, 3.8) is 0 Å². The second-order valence-electron chi connectivity index (χ2n) is 2.80. The minimum atomic E-state index is -2.14. The minimum absolute atomic E-state index is 0.0466. The molecule has 0 aromatic rings. The summed E-state index contributed by atoms with van der Waals surface area (Å²) in [6.45, 7) is -0.771. The van der Waals surface area contributed by atoms with E-state index in [9.17, 15) is 4.79 Å². The van der Waals surface area contributed by atoms with Gasteiger partial charge in [-0.15, -0.1) is 0 Å². The molecule has 0 heterocycles. The molecule has 7 nitrogen and oxygen atoms in total. The van der Waals surface area contributed by atoms with Crippen LogP contribution >= 0.6 is 0 Å². The van der Waals surface area contributed by atoms with Crippen molar-refractivity contribution in [2.75, 3.05) is 6.61 Å². The number of hydrogen-bond donors (Lipinski definition) is 6. The zero-order valence-corrected chi connectivity index (χ0v) is 6.87. The van der Waals surface area contributed by atoms with E-state index in [1.807, 2.05) is 0 Å². The highest BCUT2D eigenvalue weighted by molar-refractivity contribution is 5.63. The van der Waals surface area contributed by atoms with Gasteiger partial charge in [-0.25, -0.2) is 0 Å². The highest BCUT2D eigenvalue weighted by Crippen LogP contribution is 2.06. The number of aldehydes is 1. The molecule has 0 amide bonds. The first kappa shape index (κ1) is 12.4. The lowest BCUT2D eigenvalue weighted by molar-refractivity contribution is -0.128. The Morgan fingerprint density at radius 2 is 1.77 bits per heavy atom. The van der Waals surface area contributed by atoms with Crippen molar-refractivity contribution >= 4 is 6.29 Å². The van der Waals surface area contributed by atoms with Crippen LogP contribution in [0.1, 0.15) is 0 Å². The zero-order chi connectivity index (χ0) is 10.6. The zero-order valence-electron chi connectivity index (χ0n) is 6.87. The Balaban J connectivity index is 4.40. The molecule has 0 aromatic heterocycles. The number of carbonyl (C=O) groups excluding carboxylic acids is 1. The van der Waals surface area contributed by atoms with E-state index < -0.39 is 30.6 Å². The normalized spacial score (nSPS) is 19.2. The van der Waals surface area contributed by atoms with Gasteiger partial charge in [0.05, 0.1) is 6.61 Å². The Bertz CT molecular complexity index is 174. The molecule has 0 aliphatic heterocycles. The van der Waals surface area contributed by atoms with Crippen molar-refractivity contribution in [1.82, 2.24) is 0 Å². The SMILES string of the molecule is NC(N)(C=O)[C@@H](O)[C@H](O)C(O)CO. The molecule has 8 N–H and O–H groups in total. The van der Waals surface area contributed by atoms with Crippen LogP contribution in [-0.4, -0.2) is 57.3 Å². The average molecular weight is 194 g/mol. The molecule has 0 aromatic carbocycles. The van der Waals surface area contributed by atoms with Gasteiger partial charge in [-0.05, 0) is 0 Å². The monoisotopic (exact) mass is 194 g/mol. The molecule has 0 fully saturated rings. The highest BCUT2D eigenvalue weighted by Gasteiger charge is 2.37. The Morgan fingerprint density at radius 3 is 2.08 bits per heavy atom. The maximum Gasteiger partial charge on any atom is 0.157 e. The number of nitrogens with two attached hydrogens (primary N) is 2. The van der Waals surface area contributed by atoms with Gasteiger partial charge in [0.25, 0.3) is 0 Å². The van der Waals surface area contributed by atoms with Crippen LogP contribution in [0, 0.1) is 0 Å². The van der Waals surface area contributed by atoms with Crippen molar-refractivity contribution in [3.05, 3.63) is 0 Å². The third kappa shape index (κ3) is 2.99. The predicted molar refractivity (Wildman–Crippen MR) is 42.3 cm³/mol. The number of aliphatic hydroxyl groups excluding tert-OH is 4. The van der Waals surface area contributed by atoms with Crippen LogP contribution in [0.15, 0.2) is 0 Å². The van der Waals surface area contributed by atoms with Gasteiger partial charge in [-0.3, -0.25) is 4.79 Å². The summed E-state index contributed by atoms with van der Waals surface area (Å²) in [7, 11) is 0. The van der Waals surface area contributed by atoms with Crippen molar-refractivity contribution in [1.29, 1.82) is 0 Å². The van der Waals surface area contributed by atoms with E-state index in [2.05, 4.69) is 0 Å². The van der Waals surface area contributed by atoms with Crippen molar-refractivity contribution in [2.45, 2.75) is 24.0 Å². The first-order valence-corrected chi connectivity index (χ1v) is 3.56. The van der Waals surface area contributed by atoms with E-state index in [1.165, 1.54) is 0 Å². The summed E-state index contributed by atoms with van der Waals surface area (Å²) >= 11 is 0. The number of rotatable bonds is 5. The standard InChI is InChI=1S/C6H14N2O5/c7-6(8,2-10)5(13)4(12)3(11)1-9/h2-5,9,11-13H,1,7-8H2/t3?,4-,5+/m1/s1. The number of aliphatic hydroxyl groups is 4. The number of hydrogen-bond acceptors (Lipinski definition) is 7. The summed E-state index contributed by atoms with van der Waals surface area (Å²) in [5.41, 5.74) is 7.98. The first-order chi connectivity index (χ1) is 5.86. The molecule has 0 aliphatic carbocycles. The fraction of sp³-hybridized carbons (Fsp3) is 0.833. The van der Waals surface area contributed by atoms with Gasteiger partial charge in [0.1, 0.15) is 18.3 Å². The number of carbonyl (C=O) groups is 1. The van der Waals surface area contributed by atoms with E-state index in [0.29, 0.717) is 0 Å². The summed E-state index contributed by atoms with van der Waals surface area (Å²) in [5, 5.41) is 35.5. The predicted octanol–water partition coefficient (Wildman–Crippen LogP) is -4.13. The molecule has 1 unspecified atom stereocenters. The molecule has 13 heavy (non-hydrogen) atoms. The van der Waals surface area contributed by atoms with Gasteiger partial charge >= 0.3 is 0 Å². The van der Waals surface area contributed by atoms with Crippen molar-refractivity contribution < 1.29 is 25.2 Å². The Labute approximate surface area is 74.6 Å². The quantitative estimate of drug-likeness (QED) is 0.192. The summed E-state index contributed by atoms with van der Waals surface area (Å²) in [6, 6.07) is 0. The average Bonchev–Trinajstić information content (AvgIpc) is 2.14. The van der Waals surface area contributed by atoms with Gasteiger partial charge in [-0.2, -0.15) is 0 Å².